The van der Waals surface area contributed by atoms with Gasteiger partial charge in [-0.15, -0.1) is 0 Å². The summed E-state index contributed by atoms with van der Waals surface area (Å²) >= 11 is 0. The molecule has 0 aliphatic carbocycles. The van der Waals surface area contributed by atoms with Crippen molar-refractivity contribution in [2.24, 2.45) is 7.05 Å². The molecule has 0 spiro atoms. The van der Waals surface area contributed by atoms with Gasteiger partial charge in [-0.3, -0.25) is 19.4 Å². The van der Waals surface area contributed by atoms with Crippen LogP contribution in [-0.4, -0.2) is 44.2 Å². The molecule has 2 aromatic rings. The minimum atomic E-state index is 0.221. The molecule has 6 heteroatoms. The van der Waals surface area contributed by atoms with Gasteiger partial charge >= 0.3 is 0 Å². The van der Waals surface area contributed by atoms with Crippen molar-refractivity contribution in [2.75, 3.05) is 11.4 Å². The molecule has 0 aromatic carbocycles. The predicted molar refractivity (Wildman–Crippen MR) is 86.8 cm³/mol. The minimum Gasteiger partial charge on any atom is -0.305 e. The Hall–Kier alpha value is -2.21. The number of hydrogen-bond acceptors (Lipinski definition) is 4. The van der Waals surface area contributed by atoms with Crippen LogP contribution < -0.4 is 4.90 Å². The van der Waals surface area contributed by atoms with E-state index in [2.05, 4.69) is 21.0 Å². The van der Waals surface area contributed by atoms with Gasteiger partial charge in [0.1, 0.15) is 0 Å². The first-order valence-corrected chi connectivity index (χ1v) is 8.17. The van der Waals surface area contributed by atoms with Gasteiger partial charge in [-0.2, -0.15) is 5.10 Å². The first kappa shape index (κ1) is 14.4. The van der Waals surface area contributed by atoms with Crippen LogP contribution in [0.1, 0.15) is 25.0 Å². The van der Waals surface area contributed by atoms with Crippen LogP contribution in [0.25, 0.3) is 0 Å². The number of piperidine rings is 1. The number of carbonyl (C=O) groups is 1. The lowest BCUT2D eigenvalue weighted by Gasteiger charge is -2.39. The fraction of sp³-hybridized carbons (Fsp3) is 0.471. The van der Waals surface area contributed by atoms with Gasteiger partial charge in [0.05, 0.1) is 23.6 Å². The minimum absolute atomic E-state index is 0.221. The summed E-state index contributed by atoms with van der Waals surface area (Å²) in [5.41, 5.74) is 2.02. The molecule has 4 rings (SSSR count). The smallest absolute Gasteiger partial charge is 0.227 e. The van der Waals surface area contributed by atoms with Crippen molar-refractivity contribution in [3.63, 3.8) is 0 Å². The maximum absolute atomic E-state index is 12.5. The zero-order chi connectivity index (χ0) is 15.8. The Morgan fingerprint density at radius 3 is 2.91 bits per heavy atom. The molecule has 0 N–H and O–H groups in total. The topological polar surface area (TPSA) is 54.3 Å². The first-order valence-electron chi connectivity index (χ1n) is 8.17. The van der Waals surface area contributed by atoms with Gasteiger partial charge < -0.3 is 4.90 Å². The van der Waals surface area contributed by atoms with Gasteiger partial charge in [0, 0.05) is 45.0 Å². The average molecular weight is 311 g/mol. The molecule has 120 valence electrons. The number of likely N-dealkylation sites (tertiary alicyclic amines) is 1. The third-order valence-electron chi connectivity index (χ3n) is 4.94. The number of amides is 1. The van der Waals surface area contributed by atoms with Crippen LogP contribution in [0.4, 0.5) is 5.69 Å². The second-order valence-corrected chi connectivity index (χ2v) is 6.39. The SMILES string of the molecule is Cn1cc(N2C(=O)CC[C@@H]3[C@@H]2CCN3Cc2ccccn2)cn1. The highest BCUT2D eigenvalue weighted by Gasteiger charge is 2.43. The van der Waals surface area contributed by atoms with Gasteiger partial charge in [-0.05, 0) is 25.0 Å². The summed E-state index contributed by atoms with van der Waals surface area (Å²) in [5.74, 6) is 0.221. The van der Waals surface area contributed by atoms with E-state index >= 15 is 0 Å². The number of aromatic nitrogens is 3. The molecule has 4 heterocycles. The summed E-state index contributed by atoms with van der Waals surface area (Å²) in [6.45, 7) is 1.87. The molecule has 0 radical (unpaired) electrons. The molecule has 6 nitrogen and oxygen atoms in total. The largest absolute Gasteiger partial charge is 0.305 e. The number of hydrogen-bond donors (Lipinski definition) is 0. The van der Waals surface area contributed by atoms with Crippen molar-refractivity contribution < 1.29 is 4.79 Å². The van der Waals surface area contributed by atoms with E-state index in [1.165, 1.54) is 0 Å². The second kappa shape index (κ2) is 5.77. The highest BCUT2D eigenvalue weighted by atomic mass is 16.2. The van der Waals surface area contributed by atoms with E-state index in [9.17, 15) is 4.79 Å². The summed E-state index contributed by atoms with van der Waals surface area (Å²) < 4.78 is 1.76. The van der Waals surface area contributed by atoms with Crippen molar-refractivity contribution in [2.45, 2.75) is 37.9 Å². The molecular weight excluding hydrogens is 290 g/mol. The molecule has 0 saturated carbocycles. The lowest BCUT2D eigenvalue weighted by Crippen LogP contribution is -2.52. The predicted octanol–water partition coefficient (Wildman–Crippen LogP) is 1.58. The van der Waals surface area contributed by atoms with Gasteiger partial charge in [0.2, 0.25) is 5.91 Å². The summed E-state index contributed by atoms with van der Waals surface area (Å²) in [5, 5.41) is 4.23. The Bertz CT molecular complexity index is 698. The first-order chi connectivity index (χ1) is 11.2. The number of carbonyl (C=O) groups excluding carboxylic acids is 1. The van der Waals surface area contributed by atoms with E-state index in [-0.39, 0.29) is 11.9 Å². The van der Waals surface area contributed by atoms with Crippen LogP contribution in [0.15, 0.2) is 36.8 Å². The third kappa shape index (κ3) is 2.63. The van der Waals surface area contributed by atoms with E-state index < -0.39 is 0 Å². The van der Waals surface area contributed by atoms with Crippen molar-refractivity contribution in [1.82, 2.24) is 19.7 Å². The maximum atomic E-state index is 12.5. The van der Waals surface area contributed by atoms with E-state index in [4.69, 9.17) is 0 Å². The van der Waals surface area contributed by atoms with Crippen LogP contribution >= 0.6 is 0 Å². The number of pyridine rings is 1. The molecule has 2 aliphatic heterocycles. The summed E-state index contributed by atoms with van der Waals surface area (Å²) in [7, 11) is 1.89. The molecule has 2 fully saturated rings. The Labute approximate surface area is 135 Å². The van der Waals surface area contributed by atoms with Crippen molar-refractivity contribution >= 4 is 11.6 Å². The highest BCUT2D eigenvalue weighted by Crippen LogP contribution is 2.35. The zero-order valence-electron chi connectivity index (χ0n) is 13.3. The molecule has 2 aliphatic rings. The van der Waals surface area contributed by atoms with E-state index in [1.54, 1.807) is 10.9 Å². The number of anilines is 1. The van der Waals surface area contributed by atoms with Gasteiger partial charge in [0.25, 0.3) is 0 Å². The summed E-state index contributed by atoms with van der Waals surface area (Å²) in [6.07, 6.45) is 8.12. The quantitative estimate of drug-likeness (QED) is 0.864. The van der Waals surface area contributed by atoms with Gasteiger partial charge in [0.15, 0.2) is 0 Å². The molecule has 2 saturated heterocycles. The van der Waals surface area contributed by atoms with E-state index in [0.717, 1.165) is 37.3 Å². The van der Waals surface area contributed by atoms with Crippen LogP contribution in [0, 0.1) is 0 Å². The molecule has 23 heavy (non-hydrogen) atoms. The number of aryl methyl sites for hydroxylation is 1. The maximum Gasteiger partial charge on any atom is 0.227 e. The molecular formula is C17H21N5O. The van der Waals surface area contributed by atoms with Crippen molar-refractivity contribution in [3.8, 4) is 0 Å². The standard InChI is InChI=1S/C17H21N5O/c1-20-12-14(10-19-20)22-16-7-9-21(15(16)5-6-17(22)23)11-13-4-2-3-8-18-13/h2-4,8,10,12,15-16H,5-7,9,11H2,1H3/t15-,16+/m1/s1. The summed E-state index contributed by atoms with van der Waals surface area (Å²) in [6, 6.07) is 6.71. The molecule has 2 aromatic heterocycles. The average Bonchev–Trinajstić information content (AvgIpc) is 3.15. The number of nitrogens with zero attached hydrogens (tertiary/aromatic N) is 5. The third-order valence-corrected chi connectivity index (χ3v) is 4.94. The molecule has 0 bridgehead atoms. The molecule has 1 amide bonds. The lowest BCUT2D eigenvalue weighted by atomic mass is 9.96. The fourth-order valence-corrected chi connectivity index (χ4v) is 3.92. The number of rotatable bonds is 3. The highest BCUT2D eigenvalue weighted by molar-refractivity contribution is 5.94. The summed E-state index contributed by atoms with van der Waals surface area (Å²) in [4.78, 5) is 21.4. The zero-order valence-corrected chi connectivity index (χ0v) is 13.3. The number of fused-ring (bicyclic) bond motifs is 1. The van der Waals surface area contributed by atoms with E-state index in [1.807, 2.05) is 36.5 Å². The monoisotopic (exact) mass is 311 g/mol. The Balaban J connectivity index is 1.55. The Morgan fingerprint density at radius 1 is 1.26 bits per heavy atom. The van der Waals surface area contributed by atoms with E-state index in [0.29, 0.717) is 12.5 Å². The second-order valence-electron chi connectivity index (χ2n) is 6.39. The van der Waals surface area contributed by atoms with Crippen LogP contribution in [0.5, 0.6) is 0 Å². The van der Waals surface area contributed by atoms with Crippen LogP contribution in [0.2, 0.25) is 0 Å². The molecule has 2 atom stereocenters. The van der Waals surface area contributed by atoms with Crippen molar-refractivity contribution in [1.29, 1.82) is 0 Å². The van der Waals surface area contributed by atoms with Crippen LogP contribution in [-0.2, 0) is 18.4 Å². The van der Waals surface area contributed by atoms with Gasteiger partial charge in [-0.1, -0.05) is 6.07 Å². The normalized spacial score (nSPS) is 24.9. The Morgan fingerprint density at radius 2 is 2.17 bits per heavy atom. The fourth-order valence-electron chi connectivity index (χ4n) is 3.92. The van der Waals surface area contributed by atoms with Crippen molar-refractivity contribution in [3.05, 3.63) is 42.5 Å². The van der Waals surface area contributed by atoms with Crippen LogP contribution in [0.3, 0.4) is 0 Å². The Kier molecular flexibility index (Phi) is 3.61. The lowest BCUT2D eigenvalue weighted by molar-refractivity contribution is -0.120. The van der Waals surface area contributed by atoms with Gasteiger partial charge in [-0.25, -0.2) is 0 Å². The molecule has 0 unspecified atom stereocenters.